The maximum atomic E-state index is 12.7. The van der Waals surface area contributed by atoms with Crippen LogP contribution in [0.1, 0.15) is 5.56 Å². The van der Waals surface area contributed by atoms with E-state index in [9.17, 15) is 21.6 Å². The van der Waals surface area contributed by atoms with Gasteiger partial charge in [-0.3, -0.25) is 4.72 Å². The first-order chi connectivity index (χ1) is 11.1. The molecule has 0 heterocycles. The van der Waals surface area contributed by atoms with Crippen LogP contribution in [-0.4, -0.2) is 26.8 Å². The van der Waals surface area contributed by atoms with E-state index < -0.39 is 21.9 Å². The van der Waals surface area contributed by atoms with Gasteiger partial charge in [0.25, 0.3) is 0 Å². The summed E-state index contributed by atoms with van der Waals surface area (Å²) < 4.78 is 64.8. The van der Waals surface area contributed by atoms with Gasteiger partial charge in [0, 0.05) is 31.2 Å². The molecule has 0 aromatic heterocycles. The molecule has 0 fully saturated rings. The Bertz CT molecular complexity index is 803. The highest BCUT2D eigenvalue weighted by Gasteiger charge is 2.30. The molecule has 0 bridgehead atoms. The highest BCUT2D eigenvalue weighted by atomic mass is 32.2. The Labute approximate surface area is 138 Å². The zero-order valence-corrected chi connectivity index (χ0v) is 13.7. The summed E-state index contributed by atoms with van der Waals surface area (Å²) in [5.74, 6) is 0. The minimum absolute atomic E-state index is 0.284. The highest BCUT2D eigenvalue weighted by Crippen LogP contribution is 2.31. The van der Waals surface area contributed by atoms with Crippen LogP contribution >= 0.6 is 0 Å². The van der Waals surface area contributed by atoms with E-state index in [2.05, 4.69) is 10.0 Å². The Balaban J connectivity index is 2.13. The highest BCUT2D eigenvalue weighted by molar-refractivity contribution is 7.90. The number of benzene rings is 2. The number of halogens is 3. The molecule has 24 heavy (non-hydrogen) atoms. The molecule has 2 aromatic rings. The molecule has 5 nitrogen and oxygen atoms in total. The lowest BCUT2D eigenvalue weighted by Gasteiger charge is -2.14. The Hall–Kier alpha value is -2.26. The zero-order chi connectivity index (χ0) is 18.0. The van der Waals surface area contributed by atoms with E-state index in [4.69, 9.17) is 0 Å². The third-order valence-electron chi connectivity index (χ3n) is 3.09. The molecular weight excluding hydrogens is 343 g/mol. The second-order valence-corrected chi connectivity index (χ2v) is 7.05. The maximum Gasteiger partial charge on any atom is 0.416 e. The second-order valence-electron chi connectivity index (χ2n) is 5.17. The van der Waals surface area contributed by atoms with Crippen LogP contribution in [0.3, 0.4) is 0 Å². The van der Waals surface area contributed by atoms with Crippen LogP contribution in [0.4, 0.5) is 30.2 Å². The molecule has 0 unspecified atom stereocenters. The molecule has 2 N–H and O–H groups in total. The summed E-state index contributed by atoms with van der Waals surface area (Å²) in [5.41, 5.74) is 0.412. The van der Waals surface area contributed by atoms with Gasteiger partial charge in [0.1, 0.15) is 0 Å². The number of hydrogen-bond donors (Lipinski definition) is 2. The third kappa shape index (κ3) is 4.62. The number of alkyl halides is 3. The van der Waals surface area contributed by atoms with Gasteiger partial charge in [-0.15, -0.1) is 0 Å². The average Bonchev–Trinajstić information content (AvgIpc) is 2.48. The largest absolute Gasteiger partial charge is 0.416 e. The molecular formula is C15H16F3N3O2S. The van der Waals surface area contributed by atoms with Crippen molar-refractivity contribution < 1.29 is 21.6 Å². The Morgan fingerprint density at radius 1 is 0.917 bits per heavy atom. The minimum Gasteiger partial charge on any atom is -0.356 e. The van der Waals surface area contributed by atoms with E-state index in [-0.39, 0.29) is 5.69 Å². The summed E-state index contributed by atoms with van der Waals surface area (Å²) in [4.78, 5) is 0. The van der Waals surface area contributed by atoms with Gasteiger partial charge in [0.15, 0.2) is 0 Å². The first-order valence-corrected chi connectivity index (χ1v) is 8.26. The number of anilines is 3. The topological polar surface area (TPSA) is 61.4 Å². The molecule has 130 valence electrons. The maximum absolute atomic E-state index is 12.7. The van der Waals surface area contributed by atoms with E-state index in [1.54, 1.807) is 12.1 Å². The molecule has 9 heteroatoms. The molecule has 0 spiro atoms. The summed E-state index contributed by atoms with van der Waals surface area (Å²) in [7, 11) is -0.818. The van der Waals surface area contributed by atoms with Crippen LogP contribution in [-0.2, 0) is 16.4 Å². The third-order valence-corrected chi connectivity index (χ3v) is 4.55. The fraction of sp³-hybridized carbons (Fsp3) is 0.200. The Morgan fingerprint density at radius 2 is 1.50 bits per heavy atom. The van der Waals surface area contributed by atoms with Crippen LogP contribution in [0.5, 0.6) is 0 Å². The molecule has 2 rings (SSSR count). The number of rotatable bonds is 5. The van der Waals surface area contributed by atoms with Crippen molar-refractivity contribution in [3.8, 4) is 0 Å². The smallest absolute Gasteiger partial charge is 0.356 e. The fourth-order valence-corrected chi connectivity index (χ4v) is 2.42. The number of nitrogens with one attached hydrogen (secondary N) is 2. The van der Waals surface area contributed by atoms with Crippen LogP contribution in [0.2, 0.25) is 0 Å². The van der Waals surface area contributed by atoms with Crippen LogP contribution < -0.4 is 10.0 Å². The predicted molar refractivity (Wildman–Crippen MR) is 87.4 cm³/mol. The lowest BCUT2D eigenvalue weighted by molar-refractivity contribution is -0.137. The van der Waals surface area contributed by atoms with Gasteiger partial charge in [0.05, 0.1) is 5.56 Å². The predicted octanol–water partition coefficient (Wildman–Crippen LogP) is 3.67. The second kappa shape index (κ2) is 6.70. The SMILES string of the molecule is CN(C)S(=O)(=O)Nc1ccc(Nc2cccc(C(F)(F)F)c2)cc1. The first kappa shape index (κ1) is 18.1. The van der Waals surface area contributed by atoms with Crippen molar-refractivity contribution in [3.63, 3.8) is 0 Å². The molecule has 0 saturated carbocycles. The Kier molecular flexibility index (Phi) is 5.05. The molecule has 0 radical (unpaired) electrons. The molecule has 0 atom stereocenters. The molecule has 0 saturated heterocycles. The van der Waals surface area contributed by atoms with Gasteiger partial charge in [-0.25, -0.2) is 0 Å². The standard InChI is InChI=1S/C15H16F3N3O2S/c1-21(2)24(22,23)20-13-8-6-12(7-9-13)19-14-5-3-4-11(10-14)15(16,17)18/h3-10,19-20H,1-2H3. The van der Waals surface area contributed by atoms with Crippen LogP contribution in [0.25, 0.3) is 0 Å². The molecule has 0 aliphatic carbocycles. The van der Waals surface area contributed by atoms with Gasteiger partial charge in [-0.05, 0) is 42.5 Å². The molecule has 2 aromatic carbocycles. The van der Waals surface area contributed by atoms with Gasteiger partial charge in [-0.1, -0.05) is 6.07 Å². The summed E-state index contributed by atoms with van der Waals surface area (Å²) in [5, 5.41) is 2.84. The van der Waals surface area contributed by atoms with E-state index in [1.807, 2.05) is 0 Å². The summed E-state index contributed by atoms with van der Waals surface area (Å²) in [6, 6.07) is 11.0. The van der Waals surface area contributed by atoms with E-state index in [1.165, 1.54) is 38.4 Å². The van der Waals surface area contributed by atoms with Gasteiger partial charge < -0.3 is 5.32 Å². The van der Waals surface area contributed by atoms with Gasteiger partial charge in [-0.2, -0.15) is 25.9 Å². The first-order valence-electron chi connectivity index (χ1n) is 6.82. The normalized spacial score (nSPS) is 12.2. The van der Waals surface area contributed by atoms with Crippen LogP contribution in [0, 0.1) is 0 Å². The van der Waals surface area contributed by atoms with E-state index in [0.29, 0.717) is 11.4 Å². The van der Waals surface area contributed by atoms with Gasteiger partial charge in [0.2, 0.25) is 0 Å². The monoisotopic (exact) mass is 359 g/mol. The van der Waals surface area contributed by atoms with Crippen molar-refractivity contribution in [2.24, 2.45) is 0 Å². The zero-order valence-electron chi connectivity index (χ0n) is 12.9. The number of hydrogen-bond acceptors (Lipinski definition) is 3. The van der Waals surface area contributed by atoms with Crippen molar-refractivity contribution in [1.29, 1.82) is 0 Å². The summed E-state index contributed by atoms with van der Waals surface area (Å²) in [6.07, 6.45) is -4.41. The molecule has 0 aliphatic heterocycles. The lowest BCUT2D eigenvalue weighted by Crippen LogP contribution is -2.28. The quantitative estimate of drug-likeness (QED) is 0.856. The van der Waals surface area contributed by atoms with E-state index in [0.717, 1.165) is 16.4 Å². The van der Waals surface area contributed by atoms with Crippen molar-refractivity contribution in [3.05, 3.63) is 54.1 Å². The Morgan fingerprint density at radius 3 is 2.04 bits per heavy atom. The van der Waals surface area contributed by atoms with E-state index >= 15 is 0 Å². The van der Waals surface area contributed by atoms with Crippen molar-refractivity contribution in [2.45, 2.75) is 6.18 Å². The summed E-state index contributed by atoms with van der Waals surface area (Å²) >= 11 is 0. The van der Waals surface area contributed by atoms with Gasteiger partial charge >= 0.3 is 16.4 Å². The van der Waals surface area contributed by atoms with Crippen molar-refractivity contribution >= 4 is 27.3 Å². The molecule has 0 amide bonds. The fourth-order valence-electron chi connectivity index (χ4n) is 1.80. The minimum atomic E-state index is -4.41. The van der Waals surface area contributed by atoms with Crippen LogP contribution in [0.15, 0.2) is 48.5 Å². The van der Waals surface area contributed by atoms with Crippen molar-refractivity contribution in [1.82, 2.24) is 4.31 Å². The summed E-state index contributed by atoms with van der Waals surface area (Å²) in [6.45, 7) is 0. The van der Waals surface area contributed by atoms with Crippen molar-refractivity contribution in [2.75, 3.05) is 24.1 Å². The average molecular weight is 359 g/mol. The lowest BCUT2D eigenvalue weighted by atomic mass is 10.2. The number of nitrogens with zero attached hydrogens (tertiary/aromatic N) is 1. The molecule has 0 aliphatic rings.